The number of thiocarbonyl (C=S) groups is 1. The van der Waals surface area contributed by atoms with E-state index < -0.39 is 0 Å². The summed E-state index contributed by atoms with van der Waals surface area (Å²) in [5, 5.41) is 9.23. The molecule has 0 saturated carbocycles. The van der Waals surface area contributed by atoms with Crippen LogP contribution in [-0.4, -0.2) is 41.9 Å². The number of hydrogen-bond donors (Lipinski definition) is 1. The van der Waals surface area contributed by atoms with Crippen molar-refractivity contribution in [2.45, 2.75) is 20.3 Å². The van der Waals surface area contributed by atoms with E-state index in [1.54, 1.807) is 6.92 Å². The van der Waals surface area contributed by atoms with Gasteiger partial charge in [0.15, 0.2) is 5.78 Å². The summed E-state index contributed by atoms with van der Waals surface area (Å²) in [7, 11) is 0. The summed E-state index contributed by atoms with van der Waals surface area (Å²) >= 11 is 4.96. The van der Waals surface area contributed by atoms with Gasteiger partial charge in [-0.05, 0) is 44.5 Å². The van der Waals surface area contributed by atoms with E-state index in [1.807, 2.05) is 31.2 Å². The molecular weight excluding hydrogens is 320 g/mol. The summed E-state index contributed by atoms with van der Waals surface area (Å²) in [5.74, 6) is 0.0751. The SMILES string of the molecule is CC(=O)c1ccc(N2CCCN(C(C)=C(C#N)C(N)=S)CC2)cc1. The molecule has 1 fully saturated rings. The maximum absolute atomic E-state index is 11.4. The Morgan fingerprint density at radius 2 is 1.83 bits per heavy atom. The number of Topliss-reactive ketones (excluding diaryl/α,β-unsaturated/α-hetero) is 1. The zero-order valence-corrected chi connectivity index (χ0v) is 14.9. The van der Waals surface area contributed by atoms with Crippen molar-refractivity contribution < 1.29 is 4.79 Å². The Morgan fingerprint density at radius 1 is 1.17 bits per heavy atom. The largest absolute Gasteiger partial charge is 0.389 e. The van der Waals surface area contributed by atoms with Crippen molar-refractivity contribution in [3.05, 3.63) is 41.1 Å². The minimum Gasteiger partial charge on any atom is -0.389 e. The van der Waals surface area contributed by atoms with Gasteiger partial charge in [-0.3, -0.25) is 4.79 Å². The number of nitrogens with zero attached hydrogens (tertiary/aromatic N) is 3. The molecule has 2 N–H and O–H groups in total. The molecule has 6 heteroatoms. The average molecular weight is 342 g/mol. The number of rotatable bonds is 4. The van der Waals surface area contributed by atoms with Gasteiger partial charge in [0, 0.05) is 43.1 Å². The number of carbonyl (C=O) groups excluding carboxylic acids is 1. The predicted molar refractivity (Wildman–Crippen MR) is 99.9 cm³/mol. The van der Waals surface area contributed by atoms with Gasteiger partial charge in [0.2, 0.25) is 0 Å². The van der Waals surface area contributed by atoms with E-state index in [0.29, 0.717) is 5.57 Å². The van der Waals surface area contributed by atoms with Gasteiger partial charge in [-0.15, -0.1) is 0 Å². The van der Waals surface area contributed by atoms with Crippen molar-refractivity contribution in [3.63, 3.8) is 0 Å². The Morgan fingerprint density at radius 3 is 2.38 bits per heavy atom. The molecule has 0 unspecified atom stereocenters. The highest BCUT2D eigenvalue weighted by Gasteiger charge is 2.18. The number of nitriles is 1. The molecule has 0 aromatic heterocycles. The summed E-state index contributed by atoms with van der Waals surface area (Å²) in [6, 6.07) is 9.82. The maximum atomic E-state index is 11.4. The Hall–Kier alpha value is -2.39. The molecule has 0 bridgehead atoms. The third-order valence-corrected chi connectivity index (χ3v) is 4.53. The molecular formula is C18H22N4OS. The minimum atomic E-state index is 0.0751. The normalized spacial score (nSPS) is 16.0. The second kappa shape index (κ2) is 7.93. The number of anilines is 1. The number of allylic oxidation sites excluding steroid dienone is 1. The Kier molecular flexibility index (Phi) is 5.93. The fourth-order valence-corrected chi connectivity index (χ4v) is 3.08. The molecule has 126 valence electrons. The first-order chi connectivity index (χ1) is 11.4. The second-order valence-electron chi connectivity index (χ2n) is 5.87. The lowest BCUT2D eigenvalue weighted by Crippen LogP contribution is -2.31. The molecule has 0 amide bonds. The maximum Gasteiger partial charge on any atom is 0.159 e. The van der Waals surface area contributed by atoms with Crippen molar-refractivity contribution >= 4 is 28.7 Å². The van der Waals surface area contributed by atoms with Gasteiger partial charge in [-0.1, -0.05) is 12.2 Å². The van der Waals surface area contributed by atoms with E-state index in [2.05, 4.69) is 15.9 Å². The molecule has 0 spiro atoms. The Balaban J connectivity index is 2.11. The first kappa shape index (κ1) is 18.0. The van der Waals surface area contributed by atoms with Crippen LogP contribution in [0, 0.1) is 11.3 Å². The zero-order valence-electron chi connectivity index (χ0n) is 14.1. The van der Waals surface area contributed by atoms with Crippen LogP contribution < -0.4 is 10.6 Å². The molecule has 5 nitrogen and oxygen atoms in total. The lowest BCUT2D eigenvalue weighted by molar-refractivity contribution is 0.101. The molecule has 1 aromatic carbocycles. The summed E-state index contributed by atoms with van der Waals surface area (Å²) in [6.07, 6.45) is 0.974. The molecule has 24 heavy (non-hydrogen) atoms. The van der Waals surface area contributed by atoms with Gasteiger partial charge >= 0.3 is 0 Å². The van der Waals surface area contributed by atoms with Crippen LogP contribution in [0.1, 0.15) is 30.6 Å². The molecule has 0 aliphatic carbocycles. The van der Waals surface area contributed by atoms with E-state index in [4.69, 9.17) is 18.0 Å². The quantitative estimate of drug-likeness (QED) is 0.392. The summed E-state index contributed by atoms with van der Waals surface area (Å²) < 4.78 is 0. The standard InChI is InChI=1S/C18H22N4OS/c1-13(17(12-19)18(20)24)21-8-3-9-22(11-10-21)16-6-4-15(5-7-16)14(2)23/h4-7H,3,8-11H2,1-2H3,(H2,20,24). The van der Waals surface area contributed by atoms with E-state index in [-0.39, 0.29) is 10.8 Å². The molecule has 1 aromatic rings. The number of carbonyl (C=O) groups is 1. The highest BCUT2D eigenvalue weighted by atomic mass is 32.1. The number of hydrogen-bond acceptors (Lipinski definition) is 5. The Bertz CT molecular complexity index is 703. The smallest absolute Gasteiger partial charge is 0.159 e. The second-order valence-corrected chi connectivity index (χ2v) is 6.31. The van der Waals surface area contributed by atoms with Crippen LogP contribution in [0.15, 0.2) is 35.5 Å². The molecule has 1 aliphatic heterocycles. The van der Waals surface area contributed by atoms with Crippen molar-refractivity contribution in [1.82, 2.24) is 4.90 Å². The van der Waals surface area contributed by atoms with E-state index in [1.165, 1.54) is 0 Å². The highest BCUT2D eigenvalue weighted by molar-refractivity contribution is 7.80. The van der Waals surface area contributed by atoms with Crippen molar-refractivity contribution in [3.8, 4) is 6.07 Å². The van der Waals surface area contributed by atoms with Gasteiger partial charge in [-0.2, -0.15) is 5.26 Å². The number of nitrogens with two attached hydrogens (primary N) is 1. The average Bonchev–Trinajstić information content (AvgIpc) is 2.81. The van der Waals surface area contributed by atoms with Gasteiger partial charge in [0.1, 0.15) is 16.6 Å². The molecule has 0 atom stereocenters. The van der Waals surface area contributed by atoms with Crippen LogP contribution >= 0.6 is 12.2 Å². The van der Waals surface area contributed by atoms with Crippen LogP contribution in [0.4, 0.5) is 5.69 Å². The van der Waals surface area contributed by atoms with E-state index >= 15 is 0 Å². The van der Waals surface area contributed by atoms with Crippen molar-refractivity contribution in [2.24, 2.45) is 5.73 Å². The lowest BCUT2D eigenvalue weighted by Gasteiger charge is -2.26. The van der Waals surface area contributed by atoms with Gasteiger partial charge in [-0.25, -0.2) is 0 Å². The third-order valence-electron chi connectivity index (χ3n) is 4.33. The van der Waals surface area contributed by atoms with E-state index in [0.717, 1.165) is 49.5 Å². The Labute approximate surface area is 148 Å². The number of benzene rings is 1. The van der Waals surface area contributed by atoms with Crippen molar-refractivity contribution in [2.75, 3.05) is 31.1 Å². The van der Waals surface area contributed by atoms with Crippen LogP contribution in [0.3, 0.4) is 0 Å². The summed E-state index contributed by atoms with van der Waals surface area (Å²) in [4.78, 5) is 16.0. The fourth-order valence-electron chi connectivity index (χ4n) is 2.89. The van der Waals surface area contributed by atoms with Crippen LogP contribution in [0.2, 0.25) is 0 Å². The summed E-state index contributed by atoms with van der Waals surface area (Å²) in [5.41, 5.74) is 8.71. The van der Waals surface area contributed by atoms with Crippen LogP contribution in [0.25, 0.3) is 0 Å². The number of ketones is 1. The van der Waals surface area contributed by atoms with Crippen molar-refractivity contribution in [1.29, 1.82) is 5.26 Å². The molecule has 1 aliphatic rings. The highest BCUT2D eigenvalue weighted by Crippen LogP contribution is 2.20. The molecule has 0 radical (unpaired) electrons. The first-order valence-corrected chi connectivity index (χ1v) is 8.36. The van der Waals surface area contributed by atoms with E-state index in [9.17, 15) is 10.1 Å². The topological polar surface area (TPSA) is 73.4 Å². The third kappa shape index (κ3) is 4.12. The lowest BCUT2D eigenvalue weighted by atomic mass is 10.1. The minimum absolute atomic E-state index is 0.0751. The zero-order chi connectivity index (χ0) is 17.7. The van der Waals surface area contributed by atoms with Gasteiger partial charge in [0.25, 0.3) is 0 Å². The first-order valence-electron chi connectivity index (χ1n) is 7.95. The molecule has 1 saturated heterocycles. The molecule has 1 heterocycles. The summed E-state index contributed by atoms with van der Waals surface area (Å²) in [6.45, 7) is 6.90. The molecule has 2 rings (SSSR count). The fraction of sp³-hybridized carbons (Fsp3) is 0.389. The predicted octanol–water partition coefficient (Wildman–Crippen LogP) is 2.48. The monoisotopic (exact) mass is 342 g/mol. The van der Waals surface area contributed by atoms with Crippen LogP contribution in [0.5, 0.6) is 0 Å². The van der Waals surface area contributed by atoms with Gasteiger partial charge in [0.05, 0.1) is 0 Å². The van der Waals surface area contributed by atoms with Crippen LogP contribution in [-0.2, 0) is 0 Å². The van der Waals surface area contributed by atoms with Gasteiger partial charge < -0.3 is 15.5 Å².